The Hall–Kier alpha value is -0.620. The summed E-state index contributed by atoms with van der Waals surface area (Å²) in [5.41, 5.74) is 0. The molecular weight excluding hydrogens is 448 g/mol. The Balaban J connectivity index is 4.14. The number of carboxylic acids is 1. The number of carboxylic acid groups (broad SMARTS) is 1. The van der Waals surface area contributed by atoms with Gasteiger partial charge < -0.3 is 5.11 Å². The third-order valence-corrected chi connectivity index (χ3v) is 8.82. The number of hydrogen-bond donors (Lipinski definition) is 2. The van der Waals surface area contributed by atoms with E-state index in [9.17, 15) is 22.9 Å². The smallest absolute Gasteiger partial charge is 0.327 e. The average Bonchev–Trinajstić information content (AvgIpc) is 2.78. The zero-order valence-corrected chi connectivity index (χ0v) is 23.3. The summed E-state index contributed by atoms with van der Waals surface area (Å²) in [6, 6.07) is 0. The summed E-state index contributed by atoms with van der Waals surface area (Å²) >= 11 is 0. The summed E-state index contributed by atoms with van der Waals surface area (Å²) < 4.78 is 32.0. The van der Waals surface area contributed by atoms with Gasteiger partial charge in [-0.25, -0.2) is 0 Å². The molecule has 0 bridgehead atoms. The van der Waals surface area contributed by atoms with Crippen LogP contribution in [0.5, 0.6) is 0 Å². The molecular formula is C28H56O5S. The highest BCUT2D eigenvalue weighted by Crippen LogP contribution is 2.31. The van der Waals surface area contributed by atoms with Gasteiger partial charge in [0.05, 0.1) is 0 Å². The molecule has 0 aliphatic rings. The van der Waals surface area contributed by atoms with Crippen molar-refractivity contribution in [2.75, 3.05) is 0 Å². The van der Waals surface area contributed by atoms with Crippen molar-refractivity contribution in [1.82, 2.24) is 0 Å². The first-order chi connectivity index (χ1) is 16.3. The van der Waals surface area contributed by atoms with Crippen LogP contribution in [0, 0.1) is 0 Å². The van der Waals surface area contributed by atoms with Crippen molar-refractivity contribution in [3.05, 3.63) is 0 Å². The average molecular weight is 505 g/mol. The fourth-order valence-electron chi connectivity index (χ4n) is 4.86. The van der Waals surface area contributed by atoms with Gasteiger partial charge in [-0.05, 0) is 12.8 Å². The lowest BCUT2D eigenvalue weighted by Gasteiger charge is -2.26. The molecule has 0 radical (unpaired) electrons. The Bertz CT molecular complexity index is 575. The van der Waals surface area contributed by atoms with Gasteiger partial charge in [0.15, 0.2) is 4.75 Å². The topological polar surface area (TPSA) is 91.7 Å². The first-order valence-electron chi connectivity index (χ1n) is 14.5. The second kappa shape index (κ2) is 21.6. The van der Waals surface area contributed by atoms with E-state index in [1.54, 1.807) is 0 Å². The van der Waals surface area contributed by atoms with Crippen molar-refractivity contribution in [2.45, 2.75) is 173 Å². The van der Waals surface area contributed by atoms with E-state index in [2.05, 4.69) is 13.8 Å². The lowest BCUT2D eigenvalue weighted by atomic mass is 9.93. The molecule has 0 aromatic heterocycles. The van der Waals surface area contributed by atoms with Crippen LogP contribution >= 0.6 is 0 Å². The van der Waals surface area contributed by atoms with E-state index < -0.39 is 20.8 Å². The van der Waals surface area contributed by atoms with Gasteiger partial charge in [0.25, 0.3) is 10.1 Å². The molecule has 1 unspecified atom stereocenters. The van der Waals surface area contributed by atoms with Crippen LogP contribution in [-0.4, -0.2) is 28.8 Å². The number of hydrogen-bond acceptors (Lipinski definition) is 3. The molecule has 5 nitrogen and oxygen atoms in total. The molecule has 204 valence electrons. The first kappa shape index (κ1) is 33.4. The molecule has 0 rings (SSSR count). The maximum absolute atomic E-state index is 12.1. The molecule has 34 heavy (non-hydrogen) atoms. The van der Waals surface area contributed by atoms with Gasteiger partial charge in [-0.3, -0.25) is 9.35 Å². The van der Waals surface area contributed by atoms with E-state index in [0.29, 0.717) is 12.8 Å². The normalized spacial score (nSPS) is 13.7. The van der Waals surface area contributed by atoms with Crippen LogP contribution < -0.4 is 0 Å². The molecule has 0 amide bonds. The minimum Gasteiger partial charge on any atom is -0.480 e. The third-order valence-electron chi connectivity index (χ3n) is 7.25. The highest BCUT2D eigenvalue weighted by atomic mass is 32.2. The van der Waals surface area contributed by atoms with Crippen LogP contribution in [0.4, 0.5) is 0 Å². The highest BCUT2D eigenvalue weighted by Gasteiger charge is 2.49. The summed E-state index contributed by atoms with van der Waals surface area (Å²) in [6.45, 7) is 4.44. The standard InChI is InChI=1S/C28H56O5S/c1-3-5-7-9-11-13-15-16-18-20-22-24-26-28(27(29)30,34(31,32)33)25-23-21-19-17-14-12-10-8-6-4-2/h3-26H2,1-2H3,(H,29,30)(H,31,32,33). The largest absolute Gasteiger partial charge is 0.480 e. The summed E-state index contributed by atoms with van der Waals surface area (Å²) in [5.74, 6) is -1.39. The summed E-state index contributed by atoms with van der Waals surface area (Å²) in [5, 5.41) is 9.74. The van der Waals surface area contributed by atoms with Crippen LogP contribution in [0.1, 0.15) is 168 Å². The monoisotopic (exact) mass is 504 g/mol. The van der Waals surface area contributed by atoms with Crippen LogP contribution in [0.2, 0.25) is 0 Å². The maximum Gasteiger partial charge on any atom is 0.327 e. The molecule has 0 fully saturated rings. The lowest BCUT2D eigenvalue weighted by Crippen LogP contribution is -2.46. The van der Waals surface area contributed by atoms with E-state index >= 15 is 0 Å². The molecule has 0 heterocycles. The minimum absolute atomic E-state index is 0.00962. The predicted molar refractivity (Wildman–Crippen MR) is 144 cm³/mol. The number of rotatable bonds is 26. The maximum atomic E-state index is 12.1. The molecule has 0 saturated heterocycles. The van der Waals surface area contributed by atoms with Crippen molar-refractivity contribution >= 4 is 16.1 Å². The number of unbranched alkanes of at least 4 members (excludes halogenated alkanes) is 20. The van der Waals surface area contributed by atoms with E-state index in [0.717, 1.165) is 38.5 Å². The quantitative estimate of drug-likeness (QED) is 0.0905. The SMILES string of the molecule is CCCCCCCCCCCCCCC(CCCCCCCCCCCC)(C(=O)O)S(=O)(=O)O. The van der Waals surface area contributed by atoms with Gasteiger partial charge >= 0.3 is 5.97 Å². The van der Waals surface area contributed by atoms with Gasteiger partial charge in [-0.1, -0.05) is 155 Å². The van der Waals surface area contributed by atoms with Crippen LogP contribution in [0.15, 0.2) is 0 Å². The van der Waals surface area contributed by atoms with E-state index in [-0.39, 0.29) is 12.8 Å². The Kier molecular flexibility index (Phi) is 21.3. The fraction of sp³-hybridized carbons (Fsp3) is 0.964. The lowest BCUT2D eigenvalue weighted by molar-refractivity contribution is -0.140. The Morgan fingerprint density at radius 3 is 0.971 bits per heavy atom. The van der Waals surface area contributed by atoms with Gasteiger partial charge in [-0.2, -0.15) is 8.42 Å². The number of aliphatic carboxylic acids is 1. The van der Waals surface area contributed by atoms with Crippen LogP contribution in [-0.2, 0) is 14.9 Å². The molecule has 0 spiro atoms. The third kappa shape index (κ3) is 16.1. The van der Waals surface area contributed by atoms with Crippen LogP contribution in [0.25, 0.3) is 0 Å². The van der Waals surface area contributed by atoms with Crippen molar-refractivity contribution < 1.29 is 22.9 Å². The van der Waals surface area contributed by atoms with Crippen molar-refractivity contribution in [2.24, 2.45) is 0 Å². The van der Waals surface area contributed by atoms with Gasteiger partial charge in [-0.15, -0.1) is 0 Å². The van der Waals surface area contributed by atoms with Crippen LogP contribution in [0.3, 0.4) is 0 Å². The van der Waals surface area contributed by atoms with Gasteiger partial charge in [0.1, 0.15) is 0 Å². The van der Waals surface area contributed by atoms with E-state index in [1.807, 2.05) is 0 Å². The molecule has 6 heteroatoms. The second-order valence-electron chi connectivity index (χ2n) is 10.3. The first-order valence-corrected chi connectivity index (χ1v) is 16.0. The molecule has 2 N–H and O–H groups in total. The Morgan fingerprint density at radius 1 is 0.529 bits per heavy atom. The molecule has 0 aromatic rings. The number of carbonyl (C=O) groups is 1. The zero-order chi connectivity index (χ0) is 25.5. The minimum atomic E-state index is -4.65. The second-order valence-corrected chi connectivity index (χ2v) is 12.1. The van der Waals surface area contributed by atoms with Gasteiger partial charge in [0.2, 0.25) is 0 Å². The molecule has 0 aliphatic carbocycles. The van der Waals surface area contributed by atoms with Crippen molar-refractivity contribution in [3.8, 4) is 0 Å². The summed E-state index contributed by atoms with van der Waals surface area (Å²) in [7, 11) is -4.65. The summed E-state index contributed by atoms with van der Waals surface area (Å²) in [6.07, 6.45) is 24.8. The molecule has 0 aliphatic heterocycles. The van der Waals surface area contributed by atoms with E-state index in [4.69, 9.17) is 0 Å². The Morgan fingerprint density at radius 2 is 0.765 bits per heavy atom. The highest BCUT2D eigenvalue weighted by molar-refractivity contribution is 7.88. The molecule has 1 atom stereocenters. The predicted octanol–water partition coefficient (Wildman–Crippen LogP) is 9.10. The van der Waals surface area contributed by atoms with Crippen molar-refractivity contribution in [3.63, 3.8) is 0 Å². The Labute approximate surface area is 211 Å². The zero-order valence-electron chi connectivity index (χ0n) is 22.5. The molecule has 0 saturated carbocycles. The summed E-state index contributed by atoms with van der Waals surface area (Å²) in [4.78, 5) is 12.0. The van der Waals surface area contributed by atoms with E-state index in [1.165, 1.54) is 89.9 Å². The van der Waals surface area contributed by atoms with Gasteiger partial charge in [0, 0.05) is 0 Å². The van der Waals surface area contributed by atoms with Crippen molar-refractivity contribution in [1.29, 1.82) is 0 Å². The fourth-order valence-corrected chi connectivity index (χ4v) is 5.88. The molecule has 0 aromatic carbocycles.